The number of rotatable bonds is 7. The molecule has 0 aliphatic rings. The molecular weight excluding hydrogens is 595 g/mol. The van der Waals surface area contributed by atoms with Gasteiger partial charge in [-0.3, -0.25) is 0 Å². The fraction of sp³-hybridized carbons (Fsp3) is 0.302. The molecule has 0 atom stereocenters. The van der Waals surface area contributed by atoms with Crippen LogP contribution in [0.4, 0.5) is 0 Å². The van der Waals surface area contributed by atoms with Gasteiger partial charge in [-0.25, -0.2) is 0 Å². The van der Waals surface area contributed by atoms with E-state index in [9.17, 15) is 14.8 Å². The molecule has 4 heteroatoms. The monoisotopic (exact) mass is 646 g/mol. The Hall–Kier alpha value is -4.07. The van der Waals surface area contributed by atoms with Gasteiger partial charge in [0.25, 0.3) is 0 Å². The van der Waals surface area contributed by atoms with Gasteiger partial charge in [0.1, 0.15) is 11.5 Å². The Labute approximate surface area is 282 Å². The molecule has 3 nitrogen and oxygen atoms in total. The summed E-state index contributed by atoms with van der Waals surface area (Å²) in [6.45, 7) is 17.0. The summed E-state index contributed by atoms with van der Waals surface area (Å²) in [7, 11) is -2.78. The molecule has 0 radical (unpaired) electrons. The highest BCUT2D eigenvalue weighted by atomic mass is 31.2. The summed E-state index contributed by atoms with van der Waals surface area (Å²) >= 11 is 0. The van der Waals surface area contributed by atoms with Crippen LogP contribution < -0.4 is 15.9 Å². The number of phenolic OH excluding ortho intramolecular Hbond substituents is 2. The minimum Gasteiger partial charge on any atom is -0.507 e. The van der Waals surface area contributed by atoms with E-state index in [0.29, 0.717) is 17.9 Å². The zero-order valence-corrected chi connectivity index (χ0v) is 30.2. The lowest BCUT2D eigenvalue weighted by atomic mass is 9.81. The lowest BCUT2D eigenvalue weighted by Crippen LogP contribution is -2.24. The number of hydrogen-bond acceptors (Lipinski definition) is 3. The van der Waals surface area contributed by atoms with Crippen LogP contribution in [0, 0.1) is 0 Å². The Balaban J connectivity index is 0.000000221. The number of benzene rings is 5. The van der Waals surface area contributed by atoms with E-state index in [1.54, 1.807) is 0 Å². The summed E-state index contributed by atoms with van der Waals surface area (Å²) in [5, 5.41) is 24.6. The largest absolute Gasteiger partial charge is 0.507 e. The smallest absolute Gasteiger partial charge is 0.171 e. The van der Waals surface area contributed by atoms with Crippen LogP contribution in [0.15, 0.2) is 115 Å². The van der Waals surface area contributed by atoms with Gasteiger partial charge in [0, 0.05) is 22.3 Å². The predicted octanol–water partition coefficient (Wildman–Crippen LogP) is 9.73. The van der Waals surface area contributed by atoms with Gasteiger partial charge in [-0.1, -0.05) is 171 Å². The first kappa shape index (κ1) is 35.8. The molecule has 0 saturated carbocycles. The van der Waals surface area contributed by atoms with Crippen LogP contribution in [0.1, 0.15) is 88.8 Å². The summed E-state index contributed by atoms with van der Waals surface area (Å²) in [6, 6.07) is 37.5. The van der Waals surface area contributed by atoms with Crippen molar-refractivity contribution >= 4 is 23.1 Å². The maximum atomic E-state index is 13.8. The van der Waals surface area contributed by atoms with Gasteiger partial charge in [-0.2, -0.15) is 0 Å². The molecule has 5 aromatic carbocycles. The topological polar surface area (TPSA) is 57.5 Å². The standard InChI is InChI=1S/C25H36O2.C18H15OP/c1-9-16-11-18(22(26)20(13-16)24(3,4)5)15-19-12-17(10-2)14-21(23(19)27)25(6,7)8;19-20(16-10-4-1-5-11-16,17-12-6-2-7-13-17)18-14-8-3-9-15-18/h11-14,26-27H,9-10,15H2,1-8H3;1-15H. The first-order valence-electron chi connectivity index (χ1n) is 16.7. The molecule has 5 rings (SSSR count). The molecular formula is C43H51O3P. The normalized spacial score (nSPS) is 11.9. The molecule has 47 heavy (non-hydrogen) atoms. The van der Waals surface area contributed by atoms with E-state index in [4.69, 9.17) is 0 Å². The Kier molecular flexibility index (Phi) is 11.3. The van der Waals surface area contributed by atoms with Crippen LogP contribution in [0.2, 0.25) is 0 Å². The average molecular weight is 647 g/mol. The van der Waals surface area contributed by atoms with Gasteiger partial charge in [0.05, 0.1) is 0 Å². The number of aromatic hydroxyl groups is 2. The Morgan fingerprint density at radius 1 is 0.511 bits per heavy atom. The molecule has 2 N–H and O–H groups in total. The molecule has 0 bridgehead atoms. The summed E-state index contributed by atoms with van der Waals surface area (Å²) in [5.74, 6) is 0.719. The number of hydrogen-bond donors (Lipinski definition) is 2. The van der Waals surface area contributed by atoms with E-state index < -0.39 is 7.14 Å². The highest BCUT2D eigenvalue weighted by Gasteiger charge is 2.29. The number of phenols is 2. The lowest BCUT2D eigenvalue weighted by Gasteiger charge is -2.25. The first-order chi connectivity index (χ1) is 22.2. The van der Waals surface area contributed by atoms with Gasteiger partial charge in [-0.05, 0) is 57.1 Å². The first-order valence-corrected chi connectivity index (χ1v) is 18.4. The maximum absolute atomic E-state index is 13.8. The van der Waals surface area contributed by atoms with Crippen LogP contribution in [-0.2, 0) is 34.7 Å². The van der Waals surface area contributed by atoms with Crippen LogP contribution in [0.25, 0.3) is 0 Å². The lowest BCUT2D eigenvalue weighted by molar-refractivity contribution is 0.435. The highest BCUT2D eigenvalue weighted by molar-refractivity contribution is 7.85. The molecule has 0 amide bonds. The van der Waals surface area contributed by atoms with E-state index in [1.165, 1.54) is 11.1 Å². The van der Waals surface area contributed by atoms with Crippen molar-refractivity contribution in [3.05, 3.63) is 149 Å². The van der Waals surface area contributed by atoms with E-state index in [1.807, 2.05) is 91.0 Å². The van der Waals surface area contributed by atoms with Crippen molar-refractivity contribution in [2.75, 3.05) is 0 Å². The van der Waals surface area contributed by atoms with Crippen molar-refractivity contribution in [1.29, 1.82) is 0 Å². The SMILES string of the molecule is CCc1cc(Cc2cc(CC)cc(C(C)(C)C)c2O)c(O)c(C(C)(C)C)c1.O=P(c1ccccc1)(c1ccccc1)c1ccccc1. The fourth-order valence-electron chi connectivity index (χ4n) is 5.91. The molecule has 0 heterocycles. The minimum absolute atomic E-state index is 0.131. The highest BCUT2D eigenvalue weighted by Crippen LogP contribution is 2.42. The van der Waals surface area contributed by atoms with E-state index in [-0.39, 0.29) is 10.8 Å². The van der Waals surface area contributed by atoms with Crippen molar-refractivity contribution in [3.63, 3.8) is 0 Å². The quantitative estimate of drug-likeness (QED) is 0.173. The van der Waals surface area contributed by atoms with Gasteiger partial charge >= 0.3 is 0 Å². The van der Waals surface area contributed by atoms with Crippen molar-refractivity contribution in [2.24, 2.45) is 0 Å². The summed E-state index contributed by atoms with van der Waals surface area (Å²) in [4.78, 5) is 0. The van der Waals surface area contributed by atoms with Crippen molar-refractivity contribution in [1.82, 2.24) is 0 Å². The number of aryl methyl sites for hydroxylation is 2. The summed E-state index contributed by atoms with van der Waals surface area (Å²) in [6.07, 6.45) is 2.38. The molecule has 0 aliphatic heterocycles. The van der Waals surface area contributed by atoms with Gasteiger partial charge in [0.15, 0.2) is 7.14 Å². The maximum Gasteiger partial charge on any atom is 0.171 e. The van der Waals surface area contributed by atoms with Crippen LogP contribution in [0.5, 0.6) is 11.5 Å². The third-order valence-corrected chi connectivity index (χ3v) is 11.7. The summed E-state index contributed by atoms with van der Waals surface area (Å²) in [5.41, 5.74) is 5.90. The van der Waals surface area contributed by atoms with Crippen molar-refractivity contribution < 1.29 is 14.8 Å². The van der Waals surface area contributed by atoms with Gasteiger partial charge in [-0.15, -0.1) is 0 Å². The second kappa shape index (κ2) is 14.8. The molecule has 246 valence electrons. The second-order valence-corrected chi connectivity index (χ2v) is 17.1. The minimum atomic E-state index is -2.78. The zero-order chi connectivity index (χ0) is 34.4. The molecule has 0 spiro atoms. The average Bonchev–Trinajstić information content (AvgIpc) is 3.06. The molecule has 0 aliphatic carbocycles. The third-order valence-electron chi connectivity index (χ3n) is 8.67. The van der Waals surface area contributed by atoms with E-state index in [0.717, 1.165) is 51.0 Å². The van der Waals surface area contributed by atoms with Crippen molar-refractivity contribution in [3.8, 4) is 11.5 Å². The van der Waals surface area contributed by atoms with Crippen LogP contribution in [-0.4, -0.2) is 10.2 Å². The molecule has 0 saturated heterocycles. The zero-order valence-electron chi connectivity index (χ0n) is 29.3. The second-order valence-electron chi connectivity index (χ2n) is 14.3. The van der Waals surface area contributed by atoms with Crippen LogP contribution in [0.3, 0.4) is 0 Å². The third kappa shape index (κ3) is 8.27. The Morgan fingerprint density at radius 3 is 1.06 bits per heavy atom. The molecule has 5 aromatic rings. The molecule has 0 unspecified atom stereocenters. The molecule has 0 aromatic heterocycles. The van der Waals surface area contributed by atoms with Crippen LogP contribution >= 0.6 is 7.14 Å². The predicted molar refractivity (Wildman–Crippen MR) is 201 cm³/mol. The van der Waals surface area contributed by atoms with E-state index in [2.05, 4.69) is 79.7 Å². The van der Waals surface area contributed by atoms with Gasteiger partial charge in [0.2, 0.25) is 0 Å². The van der Waals surface area contributed by atoms with Crippen molar-refractivity contribution in [2.45, 2.75) is 85.5 Å². The Bertz CT molecular complexity index is 1640. The molecule has 0 fully saturated rings. The fourth-order valence-corrected chi connectivity index (χ4v) is 8.58. The van der Waals surface area contributed by atoms with E-state index >= 15 is 0 Å². The Morgan fingerprint density at radius 2 is 0.809 bits per heavy atom. The van der Waals surface area contributed by atoms with Gasteiger partial charge < -0.3 is 14.8 Å². The summed E-state index contributed by atoms with van der Waals surface area (Å²) < 4.78 is 13.8.